The van der Waals surface area contributed by atoms with Crippen LogP contribution in [0, 0.1) is 43.9 Å². The smallest absolute Gasteiger partial charge is 0.303 e. The molecule has 2 aliphatic carbocycles. The van der Waals surface area contributed by atoms with Gasteiger partial charge in [0.25, 0.3) is 0 Å². The standard InChI is InChI=1S/C29H43N2O3/c1-19-7-10-27(20(2)15-19)31-13-11-30(12-14-31)18-22(4)25-9-8-23(5)29(33)17-28(34-24(6)32)21(3)16-26(25)29/h7,10,15-17,22-23,25-26,28,33H,8-9,11-14,18H2,1-6H3/t22?,23-,25+,26-,28-,29-/m1/s1. The number of aryl methyl sites for hydroxylation is 2. The molecule has 1 heterocycles. The first-order chi connectivity index (χ1) is 16.1. The van der Waals surface area contributed by atoms with Crippen molar-refractivity contribution in [3.63, 3.8) is 0 Å². The number of piperazine rings is 1. The van der Waals surface area contributed by atoms with Crippen LogP contribution in [-0.2, 0) is 9.53 Å². The molecular formula is C29H43N2O3. The van der Waals surface area contributed by atoms with E-state index in [1.54, 1.807) is 0 Å². The Morgan fingerprint density at radius 1 is 1.18 bits per heavy atom. The summed E-state index contributed by atoms with van der Waals surface area (Å²) in [6.07, 6.45) is 5.84. The molecule has 1 N–H and O–H groups in total. The summed E-state index contributed by atoms with van der Waals surface area (Å²) in [7, 11) is 0. The van der Waals surface area contributed by atoms with Crippen LogP contribution in [0.2, 0.25) is 0 Å². The van der Waals surface area contributed by atoms with E-state index in [2.05, 4.69) is 61.8 Å². The van der Waals surface area contributed by atoms with Crippen LogP contribution in [0.5, 0.6) is 0 Å². The van der Waals surface area contributed by atoms with Gasteiger partial charge >= 0.3 is 5.97 Å². The zero-order valence-electron chi connectivity index (χ0n) is 21.9. The van der Waals surface area contributed by atoms with Crippen molar-refractivity contribution >= 4 is 11.7 Å². The van der Waals surface area contributed by atoms with Gasteiger partial charge in [0.05, 0.1) is 5.60 Å². The number of hydrogen-bond donors (Lipinski definition) is 1. The number of carbonyl (C=O) groups is 1. The van der Waals surface area contributed by atoms with Crippen molar-refractivity contribution < 1.29 is 14.6 Å². The van der Waals surface area contributed by atoms with Gasteiger partial charge in [-0.05, 0) is 68.6 Å². The molecule has 2 fully saturated rings. The molecule has 1 aromatic rings. The number of esters is 1. The van der Waals surface area contributed by atoms with E-state index in [9.17, 15) is 9.90 Å². The topological polar surface area (TPSA) is 53.0 Å². The van der Waals surface area contributed by atoms with Gasteiger partial charge in [0.2, 0.25) is 0 Å². The molecular weight excluding hydrogens is 424 g/mol. The molecule has 0 aromatic heterocycles. The Labute approximate surface area is 206 Å². The molecule has 1 aromatic carbocycles. The molecule has 34 heavy (non-hydrogen) atoms. The molecule has 0 spiro atoms. The van der Waals surface area contributed by atoms with E-state index in [4.69, 9.17) is 4.74 Å². The summed E-state index contributed by atoms with van der Waals surface area (Å²) >= 11 is 0. The highest BCUT2D eigenvalue weighted by Gasteiger charge is 2.53. The molecule has 4 rings (SSSR count). The first-order valence-electron chi connectivity index (χ1n) is 13.1. The van der Waals surface area contributed by atoms with Gasteiger partial charge < -0.3 is 14.7 Å². The lowest BCUT2D eigenvalue weighted by Gasteiger charge is -2.53. The van der Waals surface area contributed by atoms with Gasteiger partial charge in [-0.15, -0.1) is 0 Å². The summed E-state index contributed by atoms with van der Waals surface area (Å²) in [6, 6.07) is 6.76. The second-order valence-electron chi connectivity index (χ2n) is 11.2. The number of anilines is 1. The van der Waals surface area contributed by atoms with E-state index >= 15 is 0 Å². The maximum atomic E-state index is 11.8. The fourth-order valence-corrected chi connectivity index (χ4v) is 6.63. The van der Waals surface area contributed by atoms with Crippen LogP contribution in [0.15, 0.2) is 29.8 Å². The number of carbonyl (C=O) groups excluding carboxylic acids is 1. The van der Waals surface area contributed by atoms with Gasteiger partial charge in [0.15, 0.2) is 0 Å². The fraction of sp³-hybridized carbons (Fsp3) is 0.655. The monoisotopic (exact) mass is 467 g/mol. The molecule has 5 nitrogen and oxygen atoms in total. The summed E-state index contributed by atoms with van der Waals surface area (Å²) in [5.74, 6) is 0.839. The first kappa shape index (κ1) is 25.2. The molecule has 0 bridgehead atoms. The zero-order chi connectivity index (χ0) is 24.6. The molecule has 1 aliphatic heterocycles. The minimum Gasteiger partial charge on any atom is -0.458 e. The molecule has 1 unspecified atom stereocenters. The Balaban J connectivity index is 1.41. The van der Waals surface area contributed by atoms with Crippen LogP contribution < -0.4 is 4.90 Å². The number of benzene rings is 1. The minimum atomic E-state index is -0.918. The Hall–Kier alpha value is -1.85. The van der Waals surface area contributed by atoms with Crippen LogP contribution in [0.4, 0.5) is 5.69 Å². The Morgan fingerprint density at radius 3 is 2.53 bits per heavy atom. The highest BCUT2D eigenvalue weighted by molar-refractivity contribution is 5.66. The van der Waals surface area contributed by atoms with Gasteiger partial charge in [-0.1, -0.05) is 37.6 Å². The van der Waals surface area contributed by atoms with E-state index in [0.29, 0.717) is 11.8 Å². The highest BCUT2D eigenvalue weighted by atomic mass is 16.5. The van der Waals surface area contributed by atoms with Gasteiger partial charge in [0.1, 0.15) is 6.10 Å². The van der Waals surface area contributed by atoms with Crippen LogP contribution in [0.3, 0.4) is 0 Å². The fourth-order valence-electron chi connectivity index (χ4n) is 6.63. The van der Waals surface area contributed by atoms with Crippen molar-refractivity contribution in [2.75, 3.05) is 37.6 Å². The minimum absolute atomic E-state index is 0.0783. The van der Waals surface area contributed by atoms with E-state index in [1.807, 2.05) is 13.3 Å². The normalized spacial score (nSPS) is 33.1. The lowest BCUT2D eigenvalue weighted by molar-refractivity contribution is -0.148. The zero-order valence-corrected chi connectivity index (χ0v) is 21.9. The van der Waals surface area contributed by atoms with E-state index in [1.165, 1.54) is 23.7 Å². The quantitative estimate of drug-likeness (QED) is 0.509. The molecule has 1 saturated carbocycles. The van der Waals surface area contributed by atoms with Crippen LogP contribution in [-0.4, -0.2) is 60.4 Å². The highest BCUT2D eigenvalue weighted by Crippen LogP contribution is 2.50. The molecule has 6 atom stereocenters. The SMILES string of the molecule is CC(=O)O[C@@H]1[CH][C@@]2(O)[C@H](C)CC[C@@H](C(C)CN3CCN(c4ccc(C)cc4C)CC3)[C@H]2C=C1C. The lowest BCUT2D eigenvalue weighted by Crippen LogP contribution is -2.57. The average molecular weight is 468 g/mol. The van der Waals surface area contributed by atoms with Gasteiger partial charge in [-0.25, -0.2) is 0 Å². The summed E-state index contributed by atoms with van der Waals surface area (Å²) in [5, 5.41) is 11.8. The summed E-state index contributed by atoms with van der Waals surface area (Å²) in [5.41, 5.74) is 4.17. The van der Waals surface area contributed by atoms with Gasteiger partial charge in [0, 0.05) is 57.7 Å². The average Bonchev–Trinajstić information content (AvgIpc) is 2.76. The van der Waals surface area contributed by atoms with Crippen molar-refractivity contribution in [1.82, 2.24) is 4.90 Å². The van der Waals surface area contributed by atoms with Crippen molar-refractivity contribution in [3.05, 3.63) is 47.4 Å². The van der Waals surface area contributed by atoms with Crippen molar-refractivity contribution in [2.45, 2.75) is 66.1 Å². The summed E-state index contributed by atoms with van der Waals surface area (Å²) in [6.45, 7) is 17.7. The Kier molecular flexibility index (Phi) is 7.44. The number of hydrogen-bond acceptors (Lipinski definition) is 5. The third-order valence-corrected chi connectivity index (χ3v) is 8.66. The molecule has 5 heteroatoms. The maximum absolute atomic E-state index is 11.8. The van der Waals surface area contributed by atoms with Crippen molar-refractivity contribution in [2.24, 2.45) is 23.7 Å². The van der Waals surface area contributed by atoms with Crippen LogP contribution >= 0.6 is 0 Å². The number of aliphatic hydroxyl groups is 1. The number of rotatable bonds is 5. The maximum Gasteiger partial charge on any atom is 0.303 e. The van der Waals surface area contributed by atoms with E-state index < -0.39 is 11.7 Å². The van der Waals surface area contributed by atoms with E-state index in [-0.39, 0.29) is 17.8 Å². The van der Waals surface area contributed by atoms with Crippen molar-refractivity contribution in [1.29, 1.82) is 0 Å². The van der Waals surface area contributed by atoms with Crippen molar-refractivity contribution in [3.8, 4) is 0 Å². The van der Waals surface area contributed by atoms with Crippen LogP contribution in [0.25, 0.3) is 0 Å². The predicted molar refractivity (Wildman–Crippen MR) is 138 cm³/mol. The van der Waals surface area contributed by atoms with Gasteiger partial charge in [-0.2, -0.15) is 0 Å². The Bertz CT molecular complexity index is 920. The molecule has 3 aliphatic rings. The van der Waals surface area contributed by atoms with E-state index in [0.717, 1.165) is 51.1 Å². The summed E-state index contributed by atoms with van der Waals surface area (Å²) < 4.78 is 5.51. The van der Waals surface area contributed by atoms with Crippen LogP contribution in [0.1, 0.15) is 51.7 Å². The molecule has 1 saturated heterocycles. The first-order valence-corrected chi connectivity index (χ1v) is 13.1. The third-order valence-electron chi connectivity index (χ3n) is 8.66. The second kappa shape index (κ2) is 10.0. The summed E-state index contributed by atoms with van der Waals surface area (Å²) in [4.78, 5) is 16.7. The lowest BCUT2D eigenvalue weighted by atomic mass is 9.57. The number of fused-ring (bicyclic) bond motifs is 1. The Morgan fingerprint density at radius 2 is 1.88 bits per heavy atom. The van der Waals surface area contributed by atoms with Gasteiger partial charge in [-0.3, -0.25) is 9.69 Å². The molecule has 1 radical (unpaired) electrons. The number of ether oxygens (including phenoxy) is 1. The second-order valence-corrected chi connectivity index (χ2v) is 11.2. The number of nitrogens with zero attached hydrogens (tertiary/aromatic N) is 2. The molecule has 187 valence electrons. The largest absolute Gasteiger partial charge is 0.458 e. The third kappa shape index (κ3) is 5.06. The molecule has 0 amide bonds. The predicted octanol–water partition coefficient (Wildman–Crippen LogP) is 4.55.